The number of primary amides is 1. The quantitative estimate of drug-likeness (QED) is 0.670. The first kappa shape index (κ1) is 16.7. The molecule has 0 radical (unpaired) electrons. The van der Waals surface area contributed by atoms with E-state index >= 15 is 0 Å². The second kappa shape index (κ2) is 9.81. The first-order chi connectivity index (χ1) is 6.92. The Hall–Kier alpha value is -0.730. The third-order valence-corrected chi connectivity index (χ3v) is 1.66. The van der Waals surface area contributed by atoms with Crippen LogP contribution in [0.15, 0.2) is 0 Å². The van der Waals surface area contributed by atoms with Crippen molar-refractivity contribution in [2.75, 3.05) is 0 Å². The summed E-state index contributed by atoms with van der Waals surface area (Å²) >= 11 is 0. The van der Waals surface area contributed by atoms with Gasteiger partial charge in [-0.2, -0.15) is 0 Å². The second-order valence-corrected chi connectivity index (χ2v) is 4.30. The van der Waals surface area contributed by atoms with E-state index in [1.807, 2.05) is 13.8 Å². The summed E-state index contributed by atoms with van der Waals surface area (Å²) in [5.74, 6) is 0. The summed E-state index contributed by atoms with van der Waals surface area (Å²) in [7, 11) is 0. The average molecular weight is 217 g/mol. The van der Waals surface area contributed by atoms with E-state index in [4.69, 9.17) is 5.73 Å². The van der Waals surface area contributed by atoms with Crippen molar-refractivity contribution >= 4 is 6.09 Å². The number of hydrogen-bond acceptors (Lipinski definition) is 2. The predicted molar refractivity (Wildman–Crippen MR) is 64.9 cm³/mol. The van der Waals surface area contributed by atoms with Crippen LogP contribution in [-0.4, -0.2) is 11.7 Å². The molecule has 0 saturated heterocycles. The molecule has 0 bridgehead atoms. The zero-order chi connectivity index (χ0) is 12.3. The summed E-state index contributed by atoms with van der Waals surface area (Å²) < 4.78 is 4.58. The summed E-state index contributed by atoms with van der Waals surface area (Å²) in [6, 6.07) is 0. The fourth-order valence-electron chi connectivity index (χ4n) is 1.19. The molecular weight excluding hydrogens is 190 g/mol. The van der Waals surface area contributed by atoms with Crippen molar-refractivity contribution in [2.45, 2.75) is 72.3 Å². The number of amides is 1. The molecule has 1 aliphatic rings. The SMILES string of the molecule is C1CCCC1.CC.CC(C)(C)OC(N)=O. The predicted octanol–water partition coefficient (Wildman–Crippen LogP) is 3.86. The van der Waals surface area contributed by atoms with Crippen LogP contribution in [0.1, 0.15) is 66.7 Å². The van der Waals surface area contributed by atoms with Crippen LogP contribution in [0.2, 0.25) is 0 Å². The van der Waals surface area contributed by atoms with Gasteiger partial charge >= 0.3 is 6.09 Å². The average Bonchev–Trinajstić information content (AvgIpc) is 2.59. The molecule has 1 saturated carbocycles. The van der Waals surface area contributed by atoms with Gasteiger partial charge in [-0.3, -0.25) is 0 Å². The number of ether oxygens (including phenoxy) is 1. The van der Waals surface area contributed by atoms with Gasteiger partial charge in [0.05, 0.1) is 0 Å². The molecule has 0 aromatic heterocycles. The van der Waals surface area contributed by atoms with Crippen LogP contribution in [0.5, 0.6) is 0 Å². The van der Waals surface area contributed by atoms with Crippen LogP contribution in [0.4, 0.5) is 4.79 Å². The summed E-state index contributed by atoms with van der Waals surface area (Å²) in [6.45, 7) is 9.28. The normalized spacial score (nSPS) is 14.2. The van der Waals surface area contributed by atoms with E-state index in [0.29, 0.717) is 0 Å². The first-order valence-corrected chi connectivity index (χ1v) is 5.90. The monoisotopic (exact) mass is 217 g/mol. The molecule has 0 unspecified atom stereocenters. The zero-order valence-electron chi connectivity index (χ0n) is 10.9. The molecule has 1 rings (SSSR count). The van der Waals surface area contributed by atoms with Crippen LogP contribution >= 0.6 is 0 Å². The maximum absolute atomic E-state index is 10.0. The fourth-order valence-corrected chi connectivity index (χ4v) is 1.19. The molecule has 15 heavy (non-hydrogen) atoms. The lowest BCUT2D eigenvalue weighted by molar-refractivity contribution is 0.0600. The van der Waals surface area contributed by atoms with Crippen LogP contribution < -0.4 is 5.73 Å². The Balaban J connectivity index is 0. The molecule has 0 heterocycles. The highest BCUT2D eigenvalue weighted by molar-refractivity contribution is 5.65. The lowest BCUT2D eigenvalue weighted by Gasteiger charge is -2.16. The molecule has 0 aromatic carbocycles. The van der Waals surface area contributed by atoms with Gasteiger partial charge in [0.2, 0.25) is 0 Å². The minimum absolute atomic E-state index is 0.453. The van der Waals surface area contributed by atoms with Gasteiger partial charge < -0.3 is 10.5 Å². The third kappa shape index (κ3) is 19.6. The number of carbonyl (C=O) groups excluding carboxylic acids is 1. The molecule has 0 spiro atoms. The van der Waals surface area contributed by atoms with Gasteiger partial charge in [0.15, 0.2) is 0 Å². The first-order valence-electron chi connectivity index (χ1n) is 5.90. The van der Waals surface area contributed by atoms with E-state index in [1.165, 1.54) is 32.1 Å². The summed E-state index contributed by atoms with van der Waals surface area (Å²) in [6.07, 6.45) is 6.78. The van der Waals surface area contributed by atoms with E-state index in [2.05, 4.69) is 4.74 Å². The molecule has 3 heteroatoms. The smallest absolute Gasteiger partial charge is 0.405 e. The van der Waals surface area contributed by atoms with Crippen LogP contribution in [0.3, 0.4) is 0 Å². The van der Waals surface area contributed by atoms with Crippen LogP contribution in [0, 0.1) is 0 Å². The molecule has 92 valence electrons. The van der Waals surface area contributed by atoms with Gasteiger partial charge in [-0.1, -0.05) is 46.0 Å². The topological polar surface area (TPSA) is 52.3 Å². The maximum Gasteiger partial charge on any atom is 0.405 e. The van der Waals surface area contributed by atoms with Crippen molar-refractivity contribution in [1.29, 1.82) is 0 Å². The lowest BCUT2D eigenvalue weighted by Crippen LogP contribution is -2.27. The highest BCUT2D eigenvalue weighted by Crippen LogP contribution is 2.15. The van der Waals surface area contributed by atoms with Crippen molar-refractivity contribution in [3.63, 3.8) is 0 Å². The molecular formula is C12H27NO2. The Labute approximate surface area is 94.4 Å². The van der Waals surface area contributed by atoms with Crippen molar-refractivity contribution < 1.29 is 9.53 Å². The minimum Gasteiger partial charge on any atom is -0.444 e. The molecule has 0 aliphatic heterocycles. The largest absolute Gasteiger partial charge is 0.444 e. The highest BCUT2D eigenvalue weighted by atomic mass is 16.6. The van der Waals surface area contributed by atoms with Crippen molar-refractivity contribution in [2.24, 2.45) is 5.73 Å². The maximum atomic E-state index is 10.0. The van der Waals surface area contributed by atoms with Crippen molar-refractivity contribution in [3.05, 3.63) is 0 Å². The molecule has 0 aromatic rings. The van der Waals surface area contributed by atoms with E-state index in [-0.39, 0.29) is 0 Å². The number of carbonyl (C=O) groups is 1. The third-order valence-electron chi connectivity index (χ3n) is 1.66. The zero-order valence-corrected chi connectivity index (χ0v) is 10.9. The summed E-state index contributed by atoms with van der Waals surface area (Å²) in [5.41, 5.74) is 4.26. The molecule has 1 aliphatic carbocycles. The van der Waals surface area contributed by atoms with E-state index in [0.717, 1.165) is 0 Å². The Morgan fingerprint density at radius 2 is 1.27 bits per heavy atom. The van der Waals surface area contributed by atoms with Gasteiger partial charge in [-0.25, -0.2) is 4.79 Å². The van der Waals surface area contributed by atoms with Crippen LogP contribution in [-0.2, 0) is 4.74 Å². The van der Waals surface area contributed by atoms with E-state index < -0.39 is 11.7 Å². The molecule has 2 N–H and O–H groups in total. The molecule has 0 atom stereocenters. The minimum atomic E-state index is -0.725. The summed E-state index contributed by atoms with van der Waals surface area (Å²) in [5, 5.41) is 0. The molecule has 1 amide bonds. The second-order valence-electron chi connectivity index (χ2n) is 4.30. The Morgan fingerprint density at radius 3 is 1.33 bits per heavy atom. The van der Waals surface area contributed by atoms with Gasteiger partial charge in [-0.05, 0) is 20.8 Å². The van der Waals surface area contributed by atoms with Gasteiger partial charge in [0, 0.05) is 0 Å². The Kier molecular flexibility index (Phi) is 10.9. The van der Waals surface area contributed by atoms with Gasteiger partial charge in [-0.15, -0.1) is 0 Å². The number of rotatable bonds is 0. The number of nitrogens with two attached hydrogens (primary N) is 1. The van der Waals surface area contributed by atoms with Gasteiger partial charge in [0.1, 0.15) is 5.60 Å². The van der Waals surface area contributed by atoms with Crippen molar-refractivity contribution in [3.8, 4) is 0 Å². The van der Waals surface area contributed by atoms with E-state index in [9.17, 15) is 4.79 Å². The number of hydrogen-bond donors (Lipinski definition) is 1. The van der Waals surface area contributed by atoms with Gasteiger partial charge in [0.25, 0.3) is 0 Å². The highest BCUT2D eigenvalue weighted by Gasteiger charge is 2.12. The van der Waals surface area contributed by atoms with Crippen molar-refractivity contribution in [1.82, 2.24) is 0 Å². The lowest BCUT2D eigenvalue weighted by atomic mass is 10.2. The standard InChI is InChI=1S/C5H11NO2.C5H10.C2H6/c1-5(2,3)8-4(6)7;1-2-4-5-3-1;1-2/h1-3H3,(H2,6,7);1-5H2;1-2H3. The molecule has 3 nitrogen and oxygen atoms in total. The Bertz CT molecular complexity index is 139. The Morgan fingerprint density at radius 1 is 1.00 bits per heavy atom. The fraction of sp³-hybridized carbons (Fsp3) is 0.917. The summed E-state index contributed by atoms with van der Waals surface area (Å²) in [4.78, 5) is 10.0. The van der Waals surface area contributed by atoms with Crippen LogP contribution in [0.25, 0.3) is 0 Å². The van der Waals surface area contributed by atoms with E-state index in [1.54, 1.807) is 20.8 Å². The molecule has 1 fully saturated rings.